The molecule has 7 heteroatoms. The van der Waals surface area contributed by atoms with Crippen molar-refractivity contribution < 1.29 is 8.42 Å². The maximum Gasteiger partial charge on any atom is 0.281 e. The first kappa shape index (κ1) is 17.8. The Bertz CT molecular complexity index is 384. The van der Waals surface area contributed by atoms with Crippen molar-refractivity contribution in [3.8, 4) is 0 Å². The fraction of sp³-hybridized carbons (Fsp3) is 1.00. The Hall–Kier alpha value is -0.210. The maximum absolute atomic E-state index is 12.2. The molecular formula is C13H30N4O2S. The van der Waals surface area contributed by atoms with Gasteiger partial charge in [-0.25, -0.2) is 0 Å². The van der Waals surface area contributed by atoms with E-state index in [-0.39, 0.29) is 0 Å². The highest BCUT2D eigenvalue weighted by molar-refractivity contribution is 7.86. The van der Waals surface area contributed by atoms with E-state index in [4.69, 9.17) is 0 Å². The van der Waals surface area contributed by atoms with Crippen molar-refractivity contribution in [2.24, 2.45) is 0 Å². The van der Waals surface area contributed by atoms with Gasteiger partial charge in [0.05, 0.1) is 0 Å². The molecule has 1 heterocycles. The van der Waals surface area contributed by atoms with E-state index in [0.29, 0.717) is 19.1 Å². The molecule has 20 heavy (non-hydrogen) atoms. The molecule has 1 aliphatic heterocycles. The third kappa shape index (κ3) is 4.96. The van der Waals surface area contributed by atoms with Crippen LogP contribution in [0.4, 0.5) is 0 Å². The van der Waals surface area contributed by atoms with E-state index in [2.05, 4.69) is 30.9 Å². The Balaban J connectivity index is 2.52. The van der Waals surface area contributed by atoms with Crippen molar-refractivity contribution in [2.45, 2.75) is 25.3 Å². The first-order valence-corrected chi connectivity index (χ1v) is 8.67. The van der Waals surface area contributed by atoms with Crippen molar-refractivity contribution in [3.63, 3.8) is 0 Å². The fourth-order valence-corrected chi connectivity index (χ4v) is 3.72. The van der Waals surface area contributed by atoms with Gasteiger partial charge < -0.3 is 9.80 Å². The monoisotopic (exact) mass is 306 g/mol. The SMILES string of the molecule is CN(C)CCCN(C)C1CCCN(S(=O)(=O)N(C)C)C1. The molecular weight excluding hydrogens is 276 g/mol. The summed E-state index contributed by atoms with van der Waals surface area (Å²) in [5.41, 5.74) is 0. The number of piperidine rings is 1. The largest absolute Gasteiger partial charge is 0.309 e. The average molecular weight is 306 g/mol. The summed E-state index contributed by atoms with van der Waals surface area (Å²) in [6.07, 6.45) is 3.13. The van der Waals surface area contributed by atoms with Gasteiger partial charge in [-0.05, 0) is 53.5 Å². The zero-order chi connectivity index (χ0) is 15.3. The summed E-state index contributed by atoms with van der Waals surface area (Å²) < 4.78 is 27.3. The van der Waals surface area contributed by atoms with Crippen LogP contribution in [0.3, 0.4) is 0 Å². The third-order valence-corrected chi connectivity index (χ3v) is 5.79. The van der Waals surface area contributed by atoms with E-state index in [1.165, 1.54) is 4.31 Å². The average Bonchev–Trinajstić information content (AvgIpc) is 2.38. The van der Waals surface area contributed by atoms with Crippen molar-refractivity contribution >= 4 is 10.2 Å². The van der Waals surface area contributed by atoms with Crippen LogP contribution in [0.2, 0.25) is 0 Å². The third-order valence-electron chi connectivity index (χ3n) is 3.89. The molecule has 0 amide bonds. The molecule has 0 radical (unpaired) electrons. The minimum Gasteiger partial charge on any atom is -0.309 e. The van der Waals surface area contributed by atoms with E-state index in [1.54, 1.807) is 18.4 Å². The van der Waals surface area contributed by atoms with Gasteiger partial charge in [-0.3, -0.25) is 0 Å². The van der Waals surface area contributed by atoms with Crippen LogP contribution < -0.4 is 0 Å². The summed E-state index contributed by atoms with van der Waals surface area (Å²) in [4.78, 5) is 4.48. The number of nitrogens with zero attached hydrogens (tertiary/aromatic N) is 4. The van der Waals surface area contributed by atoms with Crippen molar-refractivity contribution in [1.29, 1.82) is 0 Å². The molecule has 120 valence electrons. The molecule has 1 unspecified atom stereocenters. The Morgan fingerprint density at radius 3 is 2.30 bits per heavy atom. The highest BCUT2D eigenvalue weighted by Gasteiger charge is 2.31. The zero-order valence-corrected chi connectivity index (χ0v) is 14.4. The molecule has 1 atom stereocenters. The Labute approximate surface area is 124 Å². The molecule has 0 bridgehead atoms. The second-order valence-electron chi connectivity index (χ2n) is 6.08. The lowest BCUT2D eigenvalue weighted by Gasteiger charge is -2.38. The predicted molar refractivity (Wildman–Crippen MR) is 83.0 cm³/mol. The van der Waals surface area contributed by atoms with E-state index in [0.717, 1.165) is 32.4 Å². The first-order chi connectivity index (χ1) is 9.25. The van der Waals surface area contributed by atoms with Gasteiger partial charge in [-0.2, -0.15) is 17.0 Å². The van der Waals surface area contributed by atoms with Crippen LogP contribution in [-0.2, 0) is 10.2 Å². The van der Waals surface area contributed by atoms with Gasteiger partial charge in [0.2, 0.25) is 0 Å². The first-order valence-electron chi connectivity index (χ1n) is 7.27. The van der Waals surface area contributed by atoms with E-state index >= 15 is 0 Å². The van der Waals surface area contributed by atoms with Crippen LogP contribution in [0.25, 0.3) is 0 Å². The summed E-state index contributed by atoms with van der Waals surface area (Å²) in [5.74, 6) is 0. The van der Waals surface area contributed by atoms with Gasteiger partial charge in [0.25, 0.3) is 10.2 Å². The second-order valence-corrected chi connectivity index (χ2v) is 8.22. The van der Waals surface area contributed by atoms with Crippen molar-refractivity contribution in [2.75, 3.05) is 61.4 Å². The minimum absolute atomic E-state index is 0.334. The van der Waals surface area contributed by atoms with Crippen LogP contribution in [0.5, 0.6) is 0 Å². The molecule has 0 aromatic heterocycles. The zero-order valence-electron chi connectivity index (χ0n) is 13.5. The molecule has 0 spiro atoms. The summed E-state index contributed by atoms with van der Waals surface area (Å²) in [6, 6.07) is 0.334. The smallest absolute Gasteiger partial charge is 0.281 e. The van der Waals surface area contributed by atoms with Crippen molar-refractivity contribution in [3.05, 3.63) is 0 Å². The maximum atomic E-state index is 12.2. The molecule has 0 aliphatic carbocycles. The van der Waals surface area contributed by atoms with E-state index in [9.17, 15) is 8.42 Å². The van der Waals surface area contributed by atoms with E-state index < -0.39 is 10.2 Å². The molecule has 0 N–H and O–H groups in total. The predicted octanol–water partition coefficient (Wildman–Crippen LogP) is 0.141. The van der Waals surface area contributed by atoms with Crippen LogP contribution in [0, 0.1) is 0 Å². The standard InChI is InChI=1S/C13H30N4O2S/c1-14(2)9-7-10-16(5)13-8-6-11-17(12-13)20(18,19)15(3)4/h13H,6-12H2,1-5H3. The van der Waals surface area contributed by atoms with Gasteiger partial charge in [0.15, 0.2) is 0 Å². The summed E-state index contributed by atoms with van der Waals surface area (Å²) in [7, 11) is 6.18. The number of likely N-dealkylation sites (N-methyl/N-ethyl adjacent to an activating group) is 1. The molecule has 1 fully saturated rings. The summed E-state index contributed by atoms with van der Waals surface area (Å²) in [6.45, 7) is 3.33. The van der Waals surface area contributed by atoms with Gasteiger partial charge in [-0.1, -0.05) is 0 Å². The molecule has 1 saturated heterocycles. The van der Waals surface area contributed by atoms with Crippen LogP contribution >= 0.6 is 0 Å². The van der Waals surface area contributed by atoms with Gasteiger partial charge in [-0.15, -0.1) is 0 Å². The summed E-state index contributed by atoms with van der Waals surface area (Å²) >= 11 is 0. The molecule has 1 aliphatic rings. The lowest BCUT2D eigenvalue weighted by molar-refractivity contribution is 0.155. The Morgan fingerprint density at radius 1 is 1.10 bits per heavy atom. The molecule has 0 saturated carbocycles. The highest BCUT2D eigenvalue weighted by Crippen LogP contribution is 2.18. The van der Waals surface area contributed by atoms with Gasteiger partial charge in [0.1, 0.15) is 0 Å². The lowest BCUT2D eigenvalue weighted by Crippen LogP contribution is -2.51. The normalized spacial score (nSPS) is 22.1. The molecule has 0 aromatic carbocycles. The topological polar surface area (TPSA) is 47.1 Å². The molecule has 0 aromatic rings. The van der Waals surface area contributed by atoms with Gasteiger partial charge in [0, 0.05) is 33.2 Å². The number of hydrogen-bond acceptors (Lipinski definition) is 4. The lowest BCUT2D eigenvalue weighted by atomic mass is 10.1. The Kier molecular flexibility index (Phi) is 6.87. The van der Waals surface area contributed by atoms with Gasteiger partial charge >= 0.3 is 0 Å². The quantitative estimate of drug-likeness (QED) is 0.671. The number of hydrogen-bond donors (Lipinski definition) is 0. The Morgan fingerprint density at radius 2 is 1.75 bits per heavy atom. The van der Waals surface area contributed by atoms with Crippen LogP contribution in [0.15, 0.2) is 0 Å². The van der Waals surface area contributed by atoms with Crippen molar-refractivity contribution in [1.82, 2.24) is 18.4 Å². The minimum atomic E-state index is -3.27. The summed E-state index contributed by atoms with van der Waals surface area (Å²) in [5, 5.41) is 0. The molecule has 6 nitrogen and oxygen atoms in total. The van der Waals surface area contributed by atoms with E-state index in [1.807, 2.05) is 0 Å². The van der Waals surface area contributed by atoms with Crippen LogP contribution in [-0.4, -0.2) is 94.3 Å². The highest BCUT2D eigenvalue weighted by atomic mass is 32.2. The molecule has 1 rings (SSSR count). The number of rotatable bonds is 7. The van der Waals surface area contributed by atoms with Crippen LogP contribution in [0.1, 0.15) is 19.3 Å². The second kappa shape index (κ2) is 7.70. The fourth-order valence-electron chi connectivity index (χ4n) is 2.54.